The van der Waals surface area contributed by atoms with E-state index in [9.17, 15) is 26.3 Å². The largest absolute Gasteiger partial charge is 0.416 e. The number of nitrogens with zero attached hydrogens (tertiary/aromatic N) is 7. The molecule has 13 rings (SSSR count). The van der Waals surface area contributed by atoms with E-state index in [4.69, 9.17) is 0 Å². The molecule has 406 valence electrons. The number of nitriles is 5. The summed E-state index contributed by atoms with van der Waals surface area (Å²) < 4.78 is 94.2. The van der Waals surface area contributed by atoms with Crippen LogP contribution < -0.4 is 0 Å². The Kier molecular flexibility index (Phi) is 12.9. The van der Waals surface area contributed by atoms with Crippen molar-refractivity contribution in [2.75, 3.05) is 0 Å². The first kappa shape index (κ1) is 53.4. The molecule has 0 radical (unpaired) electrons. The van der Waals surface area contributed by atoms with Crippen molar-refractivity contribution >= 4 is 43.6 Å². The Bertz CT molecular complexity index is 4980. The Morgan fingerprint density at radius 2 is 0.558 bits per heavy atom. The standard InChI is InChI=1S/C73H37F6N7/c74-72(75,76)53-31-52(32-54(37-53)73(77,78)79)59-20-10-22-69(86-66-29-25-45(57-18-7-3-13-49(57)40-82)35-62(66)63-36-46(26-30-67(63)86)58-19-8-4-14-50(58)41-83)71(59)70-51(42-84)15-9-21-68(70)85-64-27-23-43(55-16-5-1-11-47(55)38-80)33-60(64)61-34-44(24-28-65(61)85)56-17-6-2-12-48(56)39-81/h1-37H. The lowest BCUT2D eigenvalue weighted by atomic mass is 9.87. The number of benzene rings is 11. The molecule has 13 heteroatoms. The van der Waals surface area contributed by atoms with Gasteiger partial charge in [-0.2, -0.15) is 52.7 Å². The molecule has 0 bridgehead atoms. The van der Waals surface area contributed by atoms with Crippen molar-refractivity contribution in [1.82, 2.24) is 9.13 Å². The van der Waals surface area contributed by atoms with Crippen LogP contribution in [0.3, 0.4) is 0 Å². The zero-order chi connectivity index (χ0) is 59.6. The lowest BCUT2D eigenvalue weighted by molar-refractivity contribution is -0.143. The monoisotopic (exact) mass is 1130 g/mol. The predicted octanol–water partition coefficient (Wildman–Crippen LogP) is 19.3. The van der Waals surface area contributed by atoms with Crippen molar-refractivity contribution in [3.05, 3.63) is 263 Å². The Morgan fingerprint density at radius 3 is 0.884 bits per heavy atom. The molecule has 86 heavy (non-hydrogen) atoms. The molecule has 0 aliphatic rings. The average Bonchev–Trinajstić information content (AvgIpc) is 1.55. The normalized spacial score (nSPS) is 11.5. The molecule has 0 aliphatic heterocycles. The molecule has 2 aromatic heterocycles. The second kappa shape index (κ2) is 20.8. The van der Waals surface area contributed by atoms with Crippen LogP contribution in [0.4, 0.5) is 26.3 Å². The number of hydrogen-bond acceptors (Lipinski definition) is 5. The molecule has 13 aromatic rings. The van der Waals surface area contributed by atoms with Crippen LogP contribution in [0, 0.1) is 56.7 Å². The third-order valence-corrected chi connectivity index (χ3v) is 15.8. The van der Waals surface area contributed by atoms with Crippen LogP contribution in [0.1, 0.15) is 38.9 Å². The first-order valence-corrected chi connectivity index (χ1v) is 26.8. The molecule has 0 saturated heterocycles. The van der Waals surface area contributed by atoms with E-state index >= 15 is 26.3 Å². The summed E-state index contributed by atoms with van der Waals surface area (Å²) in [5.74, 6) is 0. The highest BCUT2D eigenvalue weighted by atomic mass is 19.4. The van der Waals surface area contributed by atoms with Gasteiger partial charge in [0.2, 0.25) is 0 Å². The lowest BCUT2D eigenvalue weighted by Crippen LogP contribution is -2.11. The molecule has 2 heterocycles. The van der Waals surface area contributed by atoms with Crippen LogP contribution in [0.15, 0.2) is 224 Å². The Hall–Kier alpha value is -12.0. The molecule has 0 spiro atoms. The zero-order valence-corrected chi connectivity index (χ0v) is 44.8. The number of aromatic nitrogens is 2. The van der Waals surface area contributed by atoms with Gasteiger partial charge in [-0.15, -0.1) is 0 Å². The molecule has 0 atom stereocenters. The Morgan fingerprint density at radius 1 is 0.267 bits per heavy atom. The van der Waals surface area contributed by atoms with Gasteiger partial charge in [-0.05, 0) is 165 Å². The van der Waals surface area contributed by atoms with E-state index in [2.05, 4.69) is 30.3 Å². The van der Waals surface area contributed by atoms with Gasteiger partial charge >= 0.3 is 12.4 Å². The van der Waals surface area contributed by atoms with Gasteiger partial charge in [0, 0.05) is 32.7 Å². The lowest BCUT2D eigenvalue weighted by Gasteiger charge is -2.23. The maximum atomic E-state index is 15.1. The Balaban J connectivity index is 1.18. The van der Waals surface area contributed by atoms with E-state index in [0.29, 0.717) is 128 Å². The van der Waals surface area contributed by atoms with E-state index in [-0.39, 0.29) is 34.0 Å². The fourth-order valence-corrected chi connectivity index (χ4v) is 12.0. The maximum Gasteiger partial charge on any atom is 0.416 e. The molecule has 0 N–H and O–H groups in total. The third-order valence-electron chi connectivity index (χ3n) is 15.8. The molecule has 0 saturated carbocycles. The maximum absolute atomic E-state index is 15.1. The van der Waals surface area contributed by atoms with E-state index < -0.39 is 29.0 Å². The molecule has 7 nitrogen and oxygen atoms in total. The number of hydrogen-bond donors (Lipinski definition) is 0. The summed E-state index contributed by atoms with van der Waals surface area (Å²) in [6, 6.07) is 73.8. The number of halogens is 6. The van der Waals surface area contributed by atoms with Crippen molar-refractivity contribution in [3.8, 4) is 108 Å². The summed E-state index contributed by atoms with van der Waals surface area (Å²) in [4.78, 5) is 0. The van der Waals surface area contributed by atoms with Crippen molar-refractivity contribution in [2.45, 2.75) is 12.4 Å². The van der Waals surface area contributed by atoms with Gasteiger partial charge in [0.05, 0.1) is 103 Å². The summed E-state index contributed by atoms with van der Waals surface area (Å²) in [5, 5.41) is 55.2. The number of alkyl halides is 6. The molecule has 0 unspecified atom stereocenters. The first-order valence-electron chi connectivity index (χ1n) is 26.8. The molecule has 0 aliphatic carbocycles. The van der Waals surface area contributed by atoms with Gasteiger partial charge in [-0.1, -0.05) is 115 Å². The number of rotatable bonds is 8. The van der Waals surface area contributed by atoms with Crippen LogP contribution >= 0.6 is 0 Å². The van der Waals surface area contributed by atoms with Crippen LogP contribution in [0.2, 0.25) is 0 Å². The van der Waals surface area contributed by atoms with Gasteiger partial charge in [0.1, 0.15) is 0 Å². The second-order valence-electron chi connectivity index (χ2n) is 20.5. The third kappa shape index (κ3) is 8.91. The summed E-state index contributed by atoms with van der Waals surface area (Å²) in [5.41, 5.74) is 6.61. The van der Waals surface area contributed by atoms with Crippen LogP contribution in [-0.4, -0.2) is 9.13 Å². The van der Waals surface area contributed by atoms with Crippen LogP contribution in [0.25, 0.3) is 122 Å². The minimum Gasteiger partial charge on any atom is -0.309 e. The van der Waals surface area contributed by atoms with Crippen molar-refractivity contribution < 1.29 is 26.3 Å². The summed E-state index contributed by atoms with van der Waals surface area (Å²) in [7, 11) is 0. The highest BCUT2D eigenvalue weighted by Gasteiger charge is 2.38. The minimum atomic E-state index is -5.22. The van der Waals surface area contributed by atoms with Crippen molar-refractivity contribution in [3.63, 3.8) is 0 Å². The van der Waals surface area contributed by atoms with E-state index in [1.165, 1.54) is 6.07 Å². The van der Waals surface area contributed by atoms with E-state index in [1.807, 2.05) is 130 Å². The van der Waals surface area contributed by atoms with Gasteiger partial charge < -0.3 is 9.13 Å². The van der Waals surface area contributed by atoms with Gasteiger partial charge in [-0.3, -0.25) is 0 Å². The summed E-state index contributed by atoms with van der Waals surface area (Å²) in [6.45, 7) is 0. The summed E-state index contributed by atoms with van der Waals surface area (Å²) in [6.07, 6.45) is -10.4. The van der Waals surface area contributed by atoms with Gasteiger partial charge in [0.25, 0.3) is 0 Å². The van der Waals surface area contributed by atoms with Crippen molar-refractivity contribution in [1.29, 1.82) is 26.3 Å². The van der Waals surface area contributed by atoms with Crippen molar-refractivity contribution in [2.24, 2.45) is 0 Å². The van der Waals surface area contributed by atoms with Crippen LogP contribution in [0.5, 0.6) is 0 Å². The quantitative estimate of drug-likeness (QED) is 0.140. The topological polar surface area (TPSA) is 129 Å². The fourth-order valence-electron chi connectivity index (χ4n) is 12.0. The minimum absolute atomic E-state index is 0.0277. The smallest absolute Gasteiger partial charge is 0.309 e. The predicted molar refractivity (Wildman–Crippen MR) is 321 cm³/mol. The van der Waals surface area contributed by atoms with Gasteiger partial charge in [0.15, 0.2) is 0 Å². The van der Waals surface area contributed by atoms with Gasteiger partial charge in [-0.25, -0.2) is 0 Å². The fraction of sp³-hybridized carbons (Fsp3) is 0.0274. The average molecular weight is 1130 g/mol. The number of fused-ring (bicyclic) bond motifs is 6. The molecule has 0 amide bonds. The Labute approximate surface area is 487 Å². The highest BCUT2D eigenvalue weighted by molar-refractivity contribution is 6.15. The first-order chi connectivity index (χ1) is 41.7. The summed E-state index contributed by atoms with van der Waals surface area (Å²) >= 11 is 0. The zero-order valence-electron chi connectivity index (χ0n) is 44.8. The second-order valence-corrected chi connectivity index (χ2v) is 20.5. The van der Waals surface area contributed by atoms with E-state index in [1.54, 1.807) is 78.9 Å². The van der Waals surface area contributed by atoms with Crippen LogP contribution in [-0.2, 0) is 12.4 Å². The SMILES string of the molecule is N#Cc1ccccc1-c1ccc2c(c1)c1cc(-c3ccccc3C#N)ccc1n2-c1cccc(C#N)c1-c1c(-c2cc(C(F)(F)F)cc(C(F)(F)F)c2)cccc1-n1c2ccc(-c3ccccc3C#N)cc2c2cc(-c3ccccc3C#N)ccc21. The molecular weight excluding hydrogens is 1090 g/mol. The molecular formula is C73H37F6N7. The molecule has 11 aromatic carbocycles. The highest BCUT2D eigenvalue weighted by Crippen LogP contribution is 2.49. The van der Waals surface area contributed by atoms with E-state index in [0.717, 1.165) is 0 Å². The molecule has 0 fully saturated rings.